The number of carboxylic acids is 1. The molecule has 0 unspecified atom stereocenters. The van der Waals surface area contributed by atoms with Gasteiger partial charge in [-0.15, -0.1) is 0 Å². The van der Waals surface area contributed by atoms with E-state index in [1.165, 1.54) is 0 Å². The van der Waals surface area contributed by atoms with Gasteiger partial charge < -0.3 is 10.8 Å². The Morgan fingerprint density at radius 2 is 2.23 bits per heavy atom. The Morgan fingerprint density at radius 3 is 2.77 bits per heavy atom. The van der Waals surface area contributed by atoms with Crippen molar-refractivity contribution in [3.8, 4) is 11.8 Å². The third kappa shape index (κ3) is 2.80. The topological polar surface area (TPSA) is 63.3 Å². The Balaban J connectivity index is 3.05. The fraction of sp³-hybridized carbons (Fsp3) is 0. The van der Waals surface area contributed by atoms with Gasteiger partial charge in [0.2, 0.25) is 0 Å². The van der Waals surface area contributed by atoms with Crippen LogP contribution in [0.1, 0.15) is 5.56 Å². The van der Waals surface area contributed by atoms with Gasteiger partial charge in [-0.3, -0.25) is 0 Å². The molecule has 4 heteroatoms. The van der Waals surface area contributed by atoms with Crippen molar-refractivity contribution >= 4 is 27.6 Å². The summed E-state index contributed by atoms with van der Waals surface area (Å²) in [7, 11) is 0. The molecule has 0 aliphatic heterocycles. The first-order valence-electron chi connectivity index (χ1n) is 3.39. The molecule has 0 fully saturated rings. The molecular formula is C9H6BrNO2. The zero-order chi connectivity index (χ0) is 9.84. The van der Waals surface area contributed by atoms with Gasteiger partial charge in [0.25, 0.3) is 0 Å². The summed E-state index contributed by atoms with van der Waals surface area (Å²) in [5, 5.41) is 8.30. The van der Waals surface area contributed by atoms with E-state index in [4.69, 9.17) is 10.8 Å². The Labute approximate surface area is 83.7 Å². The van der Waals surface area contributed by atoms with Crippen LogP contribution in [0, 0.1) is 11.8 Å². The largest absolute Gasteiger partial charge is 0.472 e. The van der Waals surface area contributed by atoms with Crippen LogP contribution < -0.4 is 5.73 Å². The summed E-state index contributed by atoms with van der Waals surface area (Å²) >= 11 is 3.23. The highest BCUT2D eigenvalue weighted by molar-refractivity contribution is 9.10. The molecule has 66 valence electrons. The van der Waals surface area contributed by atoms with E-state index in [1.807, 2.05) is 5.92 Å². The number of anilines is 1. The summed E-state index contributed by atoms with van der Waals surface area (Å²) in [5.74, 6) is 3.27. The molecule has 3 N–H and O–H groups in total. The molecule has 0 aliphatic carbocycles. The van der Waals surface area contributed by atoms with Crippen LogP contribution in [-0.2, 0) is 4.79 Å². The number of nitrogens with two attached hydrogens (primary N) is 1. The average molecular weight is 240 g/mol. The number of nitrogen functional groups attached to an aromatic ring is 1. The Hall–Kier alpha value is -1.47. The normalized spacial score (nSPS) is 8.69. The molecule has 1 rings (SSSR count). The minimum atomic E-state index is -1.16. The second kappa shape index (κ2) is 3.97. The van der Waals surface area contributed by atoms with Crippen molar-refractivity contribution < 1.29 is 9.90 Å². The van der Waals surface area contributed by atoms with E-state index in [0.717, 1.165) is 4.47 Å². The second-order valence-electron chi connectivity index (χ2n) is 2.29. The van der Waals surface area contributed by atoms with Crippen LogP contribution in [0.5, 0.6) is 0 Å². The average Bonchev–Trinajstić information content (AvgIpc) is 2.02. The van der Waals surface area contributed by atoms with Crippen LogP contribution in [0.15, 0.2) is 22.7 Å². The summed E-state index contributed by atoms with van der Waals surface area (Å²) in [6, 6.07) is 5.09. The molecule has 0 spiro atoms. The minimum absolute atomic E-state index is 0.461. The molecule has 13 heavy (non-hydrogen) atoms. The predicted octanol–water partition coefficient (Wildman–Crippen LogP) is 1.47. The number of rotatable bonds is 0. The van der Waals surface area contributed by atoms with Crippen molar-refractivity contribution in [3.63, 3.8) is 0 Å². The highest BCUT2D eigenvalue weighted by atomic mass is 79.9. The van der Waals surface area contributed by atoms with E-state index < -0.39 is 5.97 Å². The van der Waals surface area contributed by atoms with Crippen LogP contribution in [0.3, 0.4) is 0 Å². The third-order valence-corrected chi connectivity index (χ3v) is 1.81. The predicted molar refractivity (Wildman–Crippen MR) is 53.1 cm³/mol. The van der Waals surface area contributed by atoms with Crippen molar-refractivity contribution in [3.05, 3.63) is 28.2 Å². The molecule has 0 atom stereocenters. The summed E-state index contributed by atoms with van der Waals surface area (Å²) in [4.78, 5) is 10.1. The SMILES string of the molecule is Nc1cc(Br)ccc1C#CC(=O)O. The third-order valence-electron chi connectivity index (χ3n) is 1.32. The summed E-state index contributed by atoms with van der Waals surface area (Å²) in [6.07, 6.45) is 0. The van der Waals surface area contributed by atoms with Crippen LogP contribution >= 0.6 is 15.9 Å². The smallest absolute Gasteiger partial charge is 0.382 e. The lowest BCUT2D eigenvalue weighted by molar-refractivity contribution is -0.130. The molecule has 0 saturated carbocycles. The van der Waals surface area contributed by atoms with Gasteiger partial charge in [-0.05, 0) is 18.2 Å². The first-order chi connectivity index (χ1) is 6.09. The first-order valence-corrected chi connectivity index (χ1v) is 4.19. The van der Waals surface area contributed by atoms with Crippen molar-refractivity contribution in [1.29, 1.82) is 0 Å². The van der Waals surface area contributed by atoms with Crippen molar-refractivity contribution in [2.45, 2.75) is 0 Å². The molecule has 1 aromatic rings. The molecule has 0 aliphatic rings. The van der Waals surface area contributed by atoms with E-state index >= 15 is 0 Å². The molecule has 0 radical (unpaired) electrons. The molecule has 0 heterocycles. The lowest BCUT2D eigenvalue weighted by Crippen LogP contribution is -1.91. The number of aliphatic carboxylic acids is 1. The fourth-order valence-electron chi connectivity index (χ4n) is 0.768. The Morgan fingerprint density at radius 1 is 1.54 bits per heavy atom. The summed E-state index contributed by atoms with van der Waals surface area (Å²) < 4.78 is 0.839. The standard InChI is InChI=1S/C9H6BrNO2/c10-7-3-1-6(8(11)5-7)2-4-9(12)13/h1,3,5H,11H2,(H,12,13). The second-order valence-corrected chi connectivity index (χ2v) is 3.20. The monoisotopic (exact) mass is 239 g/mol. The van der Waals surface area contributed by atoms with Crippen molar-refractivity contribution in [2.75, 3.05) is 5.73 Å². The molecule has 0 saturated heterocycles. The van der Waals surface area contributed by atoms with Gasteiger partial charge in [0.05, 0.1) is 0 Å². The highest BCUT2D eigenvalue weighted by Gasteiger charge is 1.95. The van der Waals surface area contributed by atoms with Crippen molar-refractivity contribution in [2.24, 2.45) is 0 Å². The maximum Gasteiger partial charge on any atom is 0.382 e. The van der Waals surface area contributed by atoms with E-state index in [9.17, 15) is 4.79 Å². The fourth-order valence-corrected chi connectivity index (χ4v) is 1.15. The Kier molecular flexibility index (Phi) is 2.93. The summed E-state index contributed by atoms with van der Waals surface area (Å²) in [6.45, 7) is 0. The number of hydrogen-bond acceptors (Lipinski definition) is 2. The van der Waals surface area contributed by atoms with Gasteiger partial charge in [0.1, 0.15) is 0 Å². The molecule has 3 nitrogen and oxygen atoms in total. The molecule has 0 amide bonds. The molecule has 0 bridgehead atoms. The van der Waals surface area contributed by atoms with E-state index in [0.29, 0.717) is 11.3 Å². The maximum absolute atomic E-state index is 10.1. The lowest BCUT2D eigenvalue weighted by Gasteiger charge is -1.97. The summed E-state index contributed by atoms with van der Waals surface area (Å²) in [5.41, 5.74) is 6.56. The number of hydrogen-bond donors (Lipinski definition) is 2. The van der Waals surface area contributed by atoms with Crippen LogP contribution in [0.25, 0.3) is 0 Å². The minimum Gasteiger partial charge on any atom is -0.472 e. The number of benzene rings is 1. The van der Waals surface area contributed by atoms with E-state index in [1.54, 1.807) is 18.2 Å². The Bertz CT molecular complexity index is 404. The zero-order valence-corrected chi connectivity index (χ0v) is 8.13. The first kappa shape index (κ1) is 9.62. The van der Waals surface area contributed by atoms with E-state index in [2.05, 4.69) is 21.9 Å². The quantitative estimate of drug-likeness (QED) is 0.533. The van der Waals surface area contributed by atoms with Crippen molar-refractivity contribution in [1.82, 2.24) is 0 Å². The zero-order valence-electron chi connectivity index (χ0n) is 6.54. The molecule has 1 aromatic carbocycles. The highest BCUT2D eigenvalue weighted by Crippen LogP contribution is 2.17. The van der Waals surface area contributed by atoms with Gasteiger partial charge >= 0.3 is 5.97 Å². The van der Waals surface area contributed by atoms with Gasteiger partial charge in [0.15, 0.2) is 0 Å². The van der Waals surface area contributed by atoms with E-state index in [-0.39, 0.29) is 0 Å². The van der Waals surface area contributed by atoms with Crippen LogP contribution in [0.4, 0.5) is 5.69 Å². The lowest BCUT2D eigenvalue weighted by atomic mass is 10.2. The van der Waals surface area contributed by atoms with Crippen LogP contribution in [-0.4, -0.2) is 11.1 Å². The number of halogens is 1. The van der Waals surface area contributed by atoms with Gasteiger partial charge in [-0.2, -0.15) is 0 Å². The maximum atomic E-state index is 10.1. The van der Waals surface area contributed by atoms with Gasteiger partial charge in [0, 0.05) is 21.6 Å². The van der Waals surface area contributed by atoms with Crippen LogP contribution in [0.2, 0.25) is 0 Å². The molecular weight excluding hydrogens is 234 g/mol. The van der Waals surface area contributed by atoms with Gasteiger partial charge in [-0.1, -0.05) is 21.9 Å². The molecule has 0 aromatic heterocycles. The van der Waals surface area contributed by atoms with Gasteiger partial charge in [-0.25, -0.2) is 4.79 Å². The number of carbonyl (C=O) groups is 1. The number of carboxylic acid groups (broad SMARTS) is 1.